The van der Waals surface area contributed by atoms with E-state index < -0.39 is 6.04 Å². The number of carbonyl (C=O) groups excluding carboxylic acids is 1. The van der Waals surface area contributed by atoms with Crippen LogP contribution in [0.25, 0.3) is 11.4 Å². The van der Waals surface area contributed by atoms with Crippen LogP contribution in [0.1, 0.15) is 39.2 Å². The zero-order chi connectivity index (χ0) is 17.8. The second-order valence-electron chi connectivity index (χ2n) is 6.36. The molecule has 3 atom stereocenters. The lowest BCUT2D eigenvalue weighted by Crippen LogP contribution is -2.53. The second-order valence-corrected chi connectivity index (χ2v) is 6.80. The number of nitrogens with one attached hydrogen (secondary N) is 2. The van der Waals surface area contributed by atoms with Crippen LogP contribution in [0.15, 0.2) is 24.3 Å². The van der Waals surface area contributed by atoms with Crippen molar-refractivity contribution in [3.05, 3.63) is 29.3 Å². The number of carbonyl (C=O) groups is 1. The van der Waals surface area contributed by atoms with Gasteiger partial charge >= 0.3 is 0 Å². The van der Waals surface area contributed by atoms with Gasteiger partial charge in [0, 0.05) is 22.7 Å². The van der Waals surface area contributed by atoms with Gasteiger partial charge in [-0.05, 0) is 62.2 Å². The summed E-state index contributed by atoms with van der Waals surface area (Å²) in [6.45, 7) is 5.04. The third-order valence-corrected chi connectivity index (χ3v) is 4.84. The van der Waals surface area contributed by atoms with Gasteiger partial charge in [-0.1, -0.05) is 18.5 Å². The van der Waals surface area contributed by atoms with Gasteiger partial charge in [0.15, 0.2) is 6.04 Å². The first-order valence-electron chi connectivity index (χ1n) is 8.67. The molecule has 2 N–H and O–H groups in total. The van der Waals surface area contributed by atoms with Crippen molar-refractivity contribution in [1.29, 1.82) is 0 Å². The summed E-state index contributed by atoms with van der Waals surface area (Å²) in [7, 11) is 0. The quantitative estimate of drug-likeness (QED) is 0.808. The van der Waals surface area contributed by atoms with Crippen molar-refractivity contribution in [2.24, 2.45) is 0 Å². The average molecular weight is 399 g/mol. The molecule has 0 bridgehead atoms. The number of halogens is 2. The fraction of sp³-hybridized carbons (Fsp3) is 0.529. The summed E-state index contributed by atoms with van der Waals surface area (Å²) >= 11 is 5.90. The monoisotopic (exact) mass is 398 g/mol. The Morgan fingerprint density at radius 3 is 2.81 bits per heavy atom. The highest BCUT2D eigenvalue weighted by molar-refractivity contribution is 6.30. The Labute approximate surface area is 164 Å². The van der Waals surface area contributed by atoms with E-state index in [4.69, 9.17) is 11.6 Å². The van der Waals surface area contributed by atoms with E-state index >= 15 is 0 Å². The number of benzene rings is 1. The first-order chi connectivity index (χ1) is 12.1. The lowest BCUT2D eigenvalue weighted by Gasteiger charge is -2.31. The largest absolute Gasteiger partial charge is 0.350 e. The predicted octanol–water partition coefficient (Wildman–Crippen LogP) is 2.62. The smallest absolute Gasteiger partial charge is 0.247 e. The van der Waals surface area contributed by atoms with Crippen molar-refractivity contribution >= 4 is 29.9 Å². The van der Waals surface area contributed by atoms with E-state index in [-0.39, 0.29) is 30.4 Å². The van der Waals surface area contributed by atoms with Gasteiger partial charge in [-0.2, -0.15) is 4.80 Å². The van der Waals surface area contributed by atoms with Gasteiger partial charge in [0.2, 0.25) is 11.7 Å². The summed E-state index contributed by atoms with van der Waals surface area (Å²) in [5.74, 6) is 0.415. The van der Waals surface area contributed by atoms with E-state index in [2.05, 4.69) is 33.0 Å². The zero-order valence-corrected chi connectivity index (χ0v) is 16.4. The Kier molecular flexibility index (Phi) is 7.37. The molecule has 2 aromatic rings. The summed E-state index contributed by atoms with van der Waals surface area (Å²) in [5.41, 5.74) is 0.816. The highest BCUT2D eigenvalue weighted by Crippen LogP contribution is 2.19. The molecule has 1 aliphatic heterocycles. The van der Waals surface area contributed by atoms with Crippen molar-refractivity contribution in [2.45, 2.75) is 51.2 Å². The SMILES string of the molecule is CCC(C(=O)NC1CCCNC1C)n1nnc(-c2ccc(Cl)cc2)n1.Cl. The number of hydrogen-bond donors (Lipinski definition) is 2. The van der Waals surface area contributed by atoms with Gasteiger partial charge in [0.1, 0.15) is 0 Å². The zero-order valence-electron chi connectivity index (χ0n) is 14.9. The molecule has 1 saturated heterocycles. The Hall–Kier alpha value is -1.70. The summed E-state index contributed by atoms with van der Waals surface area (Å²) in [4.78, 5) is 14.1. The van der Waals surface area contributed by atoms with Crippen molar-refractivity contribution in [2.75, 3.05) is 6.54 Å². The van der Waals surface area contributed by atoms with Gasteiger partial charge < -0.3 is 10.6 Å². The van der Waals surface area contributed by atoms with Gasteiger partial charge in [0.05, 0.1) is 0 Å². The topological polar surface area (TPSA) is 84.7 Å². The number of piperidine rings is 1. The fourth-order valence-corrected chi connectivity index (χ4v) is 3.17. The van der Waals surface area contributed by atoms with Gasteiger partial charge in [0.25, 0.3) is 0 Å². The first kappa shape index (κ1) is 20.6. The Bertz CT molecular complexity index is 720. The molecule has 142 valence electrons. The molecule has 3 rings (SSSR count). The van der Waals surface area contributed by atoms with Crippen molar-refractivity contribution in [3.8, 4) is 11.4 Å². The predicted molar refractivity (Wildman–Crippen MR) is 103 cm³/mol. The molecule has 3 unspecified atom stereocenters. The lowest BCUT2D eigenvalue weighted by atomic mass is 9.99. The van der Waals surface area contributed by atoms with E-state index in [1.807, 2.05) is 19.1 Å². The Morgan fingerprint density at radius 2 is 2.15 bits per heavy atom. The molecule has 0 spiro atoms. The van der Waals surface area contributed by atoms with Crippen molar-refractivity contribution in [3.63, 3.8) is 0 Å². The van der Waals surface area contributed by atoms with Crippen LogP contribution in [0.2, 0.25) is 5.02 Å². The minimum Gasteiger partial charge on any atom is -0.350 e. The number of nitrogens with zero attached hydrogens (tertiary/aromatic N) is 4. The van der Waals surface area contributed by atoms with Crippen molar-refractivity contribution in [1.82, 2.24) is 30.8 Å². The molecule has 0 saturated carbocycles. The molecule has 1 fully saturated rings. The number of amides is 1. The van der Waals surface area contributed by atoms with Gasteiger partial charge in [-0.15, -0.1) is 22.6 Å². The average Bonchev–Trinajstić information content (AvgIpc) is 3.08. The molecule has 1 amide bonds. The van der Waals surface area contributed by atoms with Gasteiger partial charge in [-0.3, -0.25) is 4.79 Å². The molecule has 2 heterocycles. The molecule has 9 heteroatoms. The summed E-state index contributed by atoms with van der Waals surface area (Å²) in [5, 5.41) is 19.7. The molecule has 1 aromatic carbocycles. The van der Waals surface area contributed by atoms with E-state index in [0.29, 0.717) is 17.3 Å². The molecule has 0 radical (unpaired) electrons. The highest BCUT2D eigenvalue weighted by atomic mass is 35.5. The molecule has 26 heavy (non-hydrogen) atoms. The van der Waals surface area contributed by atoms with Gasteiger partial charge in [-0.25, -0.2) is 0 Å². The highest BCUT2D eigenvalue weighted by Gasteiger charge is 2.27. The maximum Gasteiger partial charge on any atom is 0.247 e. The summed E-state index contributed by atoms with van der Waals surface area (Å²) in [6.07, 6.45) is 2.64. The summed E-state index contributed by atoms with van der Waals surface area (Å²) < 4.78 is 0. The van der Waals surface area contributed by atoms with E-state index in [1.54, 1.807) is 12.1 Å². The normalized spacial score (nSPS) is 20.9. The fourth-order valence-electron chi connectivity index (χ4n) is 3.05. The minimum absolute atomic E-state index is 0. The van der Waals surface area contributed by atoms with Crippen molar-refractivity contribution < 1.29 is 4.79 Å². The first-order valence-corrected chi connectivity index (χ1v) is 9.05. The van der Waals surface area contributed by atoms with Crippen LogP contribution >= 0.6 is 24.0 Å². The maximum absolute atomic E-state index is 12.7. The van der Waals surface area contributed by atoms with Crippen LogP contribution in [-0.4, -0.2) is 44.7 Å². The van der Waals surface area contributed by atoms with E-state index in [9.17, 15) is 4.79 Å². The molecule has 1 aromatic heterocycles. The number of tetrazole rings is 1. The number of hydrogen-bond acceptors (Lipinski definition) is 5. The Morgan fingerprint density at radius 1 is 1.42 bits per heavy atom. The van der Waals surface area contributed by atoms with Crippen LogP contribution in [0.4, 0.5) is 0 Å². The second kappa shape index (κ2) is 9.30. The number of aromatic nitrogens is 4. The van der Waals surface area contributed by atoms with Crippen LogP contribution < -0.4 is 10.6 Å². The van der Waals surface area contributed by atoms with Crippen LogP contribution in [0, 0.1) is 0 Å². The number of rotatable bonds is 5. The van der Waals surface area contributed by atoms with Crippen LogP contribution in [0.3, 0.4) is 0 Å². The third-order valence-electron chi connectivity index (χ3n) is 4.59. The molecule has 7 nitrogen and oxygen atoms in total. The standard InChI is InChI=1S/C17H23ClN6O.ClH/c1-3-15(17(25)20-14-5-4-10-19-11(14)2)24-22-16(21-23-24)12-6-8-13(18)9-7-12;/h6-9,11,14-15,19H,3-5,10H2,1-2H3,(H,20,25);1H. The Balaban J connectivity index is 0.00000243. The molecular weight excluding hydrogens is 375 g/mol. The molecule has 1 aliphatic rings. The third kappa shape index (κ3) is 4.72. The summed E-state index contributed by atoms with van der Waals surface area (Å²) in [6, 6.07) is 7.15. The van der Waals surface area contributed by atoms with Crippen LogP contribution in [-0.2, 0) is 4.79 Å². The van der Waals surface area contributed by atoms with E-state index in [0.717, 1.165) is 24.9 Å². The molecule has 0 aliphatic carbocycles. The van der Waals surface area contributed by atoms with E-state index in [1.165, 1.54) is 4.80 Å². The molecular formula is C17H24Cl2N6O. The van der Waals surface area contributed by atoms with Crippen LogP contribution in [0.5, 0.6) is 0 Å². The maximum atomic E-state index is 12.7. The minimum atomic E-state index is -0.470. The lowest BCUT2D eigenvalue weighted by molar-refractivity contribution is -0.126.